The Morgan fingerprint density at radius 3 is 2.85 bits per heavy atom. The lowest BCUT2D eigenvalue weighted by atomic mass is 9.96. The van der Waals surface area contributed by atoms with Crippen LogP contribution in [0.2, 0.25) is 0 Å². The highest BCUT2D eigenvalue weighted by atomic mass is 16.5. The van der Waals surface area contributed by atoms with Gasteiger partial charge in [-0.2, -0.15) is 5.10 Å². The average molecular weight is 441 g/mol. The van der Waals surface area contributed by atoms with Crippen molar-refractivity contribution in [3.8, 4) is 34.9 Å². The van der Waals surface area contributed by atoms with E-state index >= 15 is 0 Å². The third kappa shape index (κ3) is 3.57. The molecular formula is C25H23N5O3. The Bertz CT molecular complexity index is 1350. The molecule has 166 valence electrons. The normalized spacial score (nSPS) is 16.2. The molecule has 0 saturated heterocycles. The molecule has 8 heteroatoms. The molecule has 2 aliphatic rings. The first-order chi connectivity index (χ1) is 15.8. The SMILES string of the molecule is C#CC(=O)N1CC(C)(C)Oc2ccc(-n3cc(-c4ccc5c(c4)CCNC5=O)c(N)n3)cc21. The number of terminal acetylenes is 1. The fourth-order valence-corrected chi connectivity index (χ4v) is 4.34. The number of hydrogen-bond acceptors (Lipinski definition) is 5. The van der Waals surface area contributed by atoms with Crippen LogP contribution < -0.4 is 20.7 Å². The number of fused-ring (bicyclic) bond motifs is 2. The summed E-state index contributed by atoms with van der Waals surface area (Å²) in [4.78, 5) is 26.0. The van der Waals surface area contributed by atoms with E-state index in [1.807, 2.05) is 50.4 Å². The van der Waals surface area contributed by atoms with E-state index in [0.29, 0.717) is 41.6 Å². The molecule has 2 aromatic carbocycles. The van der Waals surface area contributed by atoms with Gasteiger partial charge >= 0.3 is 5.91 Å². The lowest BCUT2D eigenvalue weighted by molar-refractivity contribution is -0.114. The highest BCUT2D eigenvalue weighted by Crippen LogP contribution is 2.39. The molecule has 33 heavy (non-hydrogen) atoms. The zero-order chi connectivity index (χ0) is 23.3. The van der Waals surface area contributed by atoms with E-state index < -0.39 is 11.5 Å². The van der Waals surface area contributed by atoms with Crippen LogP contribution in [0.3, 0.4) is 0 Å². The minimum Gasteiger partial charge on any atom is -0.484 e. The Kier molecular flexibility index (Phi) is 4.64. The summed E-state index contributed by atoms with van der Waals surface area (Å²) in [5, 5.41) is 7.33. The van der Waals surface area contributed by atoms with E-state index in [2.05, 4.69) is 16.3 Å². The van der Waals surface area contributed by atoms with Gasteiger partial charge in [0.25, 0.3) is 5.91 Å². The van der Waals surface area contributed by atoms with E-state index in [1.165, 1.54) is 0 Å². The monoisotopic (exact) mass is 441 g/mol. The summed E-state index contributed by atoms with van der Waals surface area (Å²) in [5.41, 5.74) is 10.3. The smallest absolute Gasteiger partial charge is 0.302 e. The Labute approximate surface area is 191 Å². The van der Waals surface area contributed by atoms with Crippen molar-refractivity contribution in [1.29, 1.82) is 0 Å². The van der Waals surface area contributed by atoms with E-state index in [4.69, 9.17) is 16.9 Å². The number of carbonyl (C=O) groups excluding carboxylic acids is 2. The molecule has 5 rings (SSSR count). The third-order valence-corrected chi connectivity index (χ3v) is 5.88. The third-order valence-electron chi connectivity index (χ3n) is 5.88. The van der Waals surface area contributed by atoms with Gasteiger partial charge in [-0.25, -0.2) is 4.68 Å². The van der Waals surface area contributed by atoms with Crippen LogP contribution in [0.1, 0.15) is 29.8 Å². The van der Waals surface area contributed by atoms with Crippen LogP contribution in [0.15, 0.2) is 42.6 Å². The average Bonchev–Trinajstić information content (AvgIpc) is 3.18. The number of hydrogen-bond donors (Lipinski definition) is 2. The van der Waals surface area contributed by atoms with Crippen LogP contribution in [0.25, 0.3) is 16.8 Å². The molecule has 0 saturated carbocycles. The van der Waals surface area contributed by atoms with Crippen LogP contribution >= 0.6 is 0 Å². The van der Waals surface area contributed by atoms with Gasteiger partial charge in [-0.15, -0.1) is 6.42 Å². The summed E-state index contributed by atoms with van der Waals surface area (Å²) < 4.78 is 7.71. The molecule has 0 fully saturated rings. The van der Waals surface area contributed by atoms with Crippen molar-refractivity contribution in [1.82, 2.24) is 15.1 Å². The van der Waals surface area contributed by atoms with Crippen molar-refractivity contribution >= 4 is 23.3 Å². The number of nitrogens with zero attached hydrogens (tertiary/aromatic N) is 3. The van der Waals surface area contributed by atoms with Gasteiger partial charge < -0.3 is 15.8 Å². The van der Waals surface area contributed by atoms with Crippen LogP contribution in [0.5, 0.6) is 5.75 Å². The molecule has 0 unspecified atom stereocenters. The fraction of sp³-hybridized carbons (Fsp3) is 0.240. The van der Waals surface area contributed by atoms with Gasteiger partial charge in [0.1, 0.15) is 11.4 Å². The molecule has 2 aliphatic heterocycles. The molecule has 0 aliphatic carbocycles. The molecule has 0 atom stereocenters. The van der Waals surface area contributed by atoms with Crippen molar-refractivity contribution in [3.63, 3.8) is 0 Å². The predicted octanol–water partition coefficient (Wildman–Crippen LogP) is 2.54. The maximum absolute atomic E-state index is 12.4. The number of nitrogen functional groups attached to an aromatic ring is 1. The largest absolute Gasteiger partial charge is 0.484 e. The maximum Gasteiger partial charge on any atom is 0.302 e. The van der Waals surface area contributed by atoms with Crippen LogP contribution in [0, 0.1) is 12.3 Å². The quantitative estimate of drug-likeness (QED) is 0.595. The zero-order valence-corrected chi connectivity index (χ0v) is 18.4. The van der Waals surface area contributed by atoms with Crippen molar-refractivity contribution in [2.75, 3.05) is 23.7 Å². The Balaban J connectivity index is 1.54. The number of nitrogens with two attached hydrogens (primary N) is 1. The summed E-state index contributed by atoms with van der Waals surface area (Å²) >= 11 is 0. The van der Waals surface area contributed by atoms with Gasteiger partial charge in [0, 0.05) is 23.9 Å². The second kappa shape index (κ2) is 7.41. The lowest BCUT2D eigenvalue weighted by Crippen LogP contribution is -2.49. The number of carbonyl (C=O) groups is 2. The second-order valence-corrected chi connectivity index (χ2v) is 8.80. The second-order valence-electron chi connectivity index (χ2n) is 8.80. The van der Waals surface area contributed by atoms with Gasteiger partial charge in [-0.05, 0) is 61.6 Å². The summed E-state index contributed by atoms with van der Waals surface area (Å²) in [6, 6.07) is 11.1. The lowest BCUT2D eigenvalue weighted by Gasteiger charge is -2.39. The Hall–Kier alpha value is -4.25. The molecule has 3 heterocycles. The molecular weight excluding hydrogens is 418 g/mol. The number of ether oxygens (including phenoxy) is 1. The molecule has 1 aromatic heterocycles. The molecule has 0 spiro atoms. The van der Waals surface area contributed by atoms with E-state index in [9.17, 15) is 9.59 Å². The molecule has 0 radical (unpaired) electrons. The molecule has 2 amide bonds. The number of aromatic nitrogens is 2. The van der Waals surface area contributed by atoms with E-state index in [0.717, 1.165) is 23.1 Å². The first kappa shape index (κ1) is 20.6. The summed E-state index contributed by atoms with van der Waals surface area (Å²) in [7, 11) is 0. The van der Waals surface area contributed by atoms with Crippen molar-refractivity contribution in [2.45, 2.75) is 25.9 Å². The molecule has 3 N–H and O–H groups in total. The van der Waals surface area contributed by atoms with E-state index in [1.54, 1.807) is 15.6 Å². The predicted molar refractivity (Wildman–Crippen MR) is 125 cm³/mol. The Morgan fingerprint density at radius 2 is 2.06 bits per heavy atom. The highest BCUT2D eigenvalue weighted by Gasteiger charge is 2.34. The Morgan fingerprint density at radius 1 is 1.24 bits per heavy atom. The minimum atomic E-state index is -0.562. The standard InChI is InChI=1S/C25H23N5O3/c1-4-22(31)29-14-25(2,3)33-21-8-6-17(12-20(21)29)30-13-19(23(26)28-30)15-5-7-18-16(11-15)9-10-27-24(18)32/h1,5-8,11-13H,9-10,14H2,2-3H3,(H2,26,28)(H,27,32). The van der Waals surface area contributed by atoms with Crippen LogP contribution in [0.4, 0.5) is 11.5 Å². The van der Waals surface area contributed by atoms with E-state index in [-0.39, 0.29) is 5.91 Å². The summed E-state index contributed by atoms with van der Waals surface area (Å²) in [6.45, 7) is 4.76. The summed E-state index contributed by atoms with van der Waals surface area (Å²) in [5.74, 6) is 2.65. The molecule has 3 aromatic rings. The van der Waals surface area contributed by atoms with Crippen molar-refractivity contribution in [2.24, 2.45) is 0 Å². The van der Waals surface area contributed by atoms with Gasteiger partial charge in [0.05, 0.1) is 17.9 Å². The van der Waals surface area contributed by atoms with Gasteiger partial charge in [-0.3, -0.25) is 14.5 Å². The first-order valence-corrected chi connectivity index (χ1v) is 10.6. The zero-order valence-electron chi connectivity index (χ0n) is 18.4. The van der Waals surface area contributed by atoms with Gasteiger partial charge in [0.15, 0.2) is 5.82 Å². The molecule has 8 nitrogen and oxygen atoms in total. The minimum absolute atomic E-state index is 0.0583. The van der Waals surface area contributed by atoms with Crippen molar-refractivity contribution in [3.05, 3.63) is 53.7 Å². The van der Waals surface area contributed by atoms with Crippen LogP contribution in [-0.4, -0.2) is 40.3 Å². The number of rotatable bonds is 2. The summed E-state index contributed by atoms with van der Waals surface area (Å²) in [6.07, 6.45) is 8.00. The number of anilines is 2. The number of nitrogens with one attached hydrogen (secondary N) is 1. The highest BCUT2D eigenvalue weighted by molar-refractivity contribution is 6.07. The fourth-order valence-electron chi connectivity index (χ4n) is 4.34. The topological polar surface area (TPSA) is 102 Å². The maximum atomic E-state index is 12.4. The van der Waals surface area contributed by atoms with Crippen molar-refractivity contribution < 1.29 is 14.3 Å². The van der Waals surface area contributed by atoms with Gasteiger partial charge in [0.2, 0.25) is 0 Å². The van der Waals surface area contributed by atoms with Crippen LogP contribution in [-0.2, 0) is 11.2 Å². The van der Waals surface area contributed by atoms with Gasteiger partial charge in [-0.1, -0.05) is 12.1 Å². The number of amides is 2. The number of benzene rings is 2. The first-order valence-electron chi connectivity index (χ1n) is 10.6. The molecule has 0 bridgehead atoms.